The van der Waals surface area contributed by atoms with Crippen LogP contribution in [-0.2, 0) is 9.84 Å². The SMILES string of the molecule is Cc1cnccc1NCC1CCCS1(=O)=O. The fourth-order valence-electron chi connectivity index (χ4n) is 1.98. The van der Waals surface area contributed by atoms with Crippen LogP contribution < -0.4 is 5.32 Å². The van der Waals surface area contributed by atoms with Gasteiger partial charge in [0.25, 0.3) is 0 Å². The van der Waals surface area contributed by atoms with Gasteiger partial charge in [0.1, 0.15) is 0 Å². The summed E-state index contributed by atoms with van der Waals surface area (Å²) < 4.78 is 23.2. The lowest BCUT2D eigenvalue weighted by Gasteiger charge is -2.13. The molecule has 1 N–H and O–H groups in total. The molecule has 0 spiro atoms. The van der Waals surface area contributed by atoms with Gasteiger partial charge in [-0.2, -0.15) is 0 Å². The first-order valence-electron chi connectivity index (χ1n) is 5.45. The average molecular weight is 240 g/mol. The second-order valence-electron chi connectivity index (χ2n) is 4.20. The molecule has 16 heavy (non-hydrogen) atoms. The fraction of sp³-hybridized carbons (Fsp3) is 0.545. The van der Waals surface area contributed by atoms with Crippen molar-refractivity contribution < 1.29 is 8.42 Å². The van der Waals surface area contributed by atoms with E-state index in [-0.39, 0.29) is 5.25 Å². The summed E-state index contributed by atoms with van der Waals surface area (Å²) in [6.07, 6.45) is 5.05. The number of nitrogens with zero attached hydrogens (tertiary/aromatic N) is 1. The number of hydrogen-bond donors (Lipinski definition) is 1. The second-order valence-corrected chi connectivity index (χ2v) is 6.60. The molecule has 0 radical (unpaired) electrons. The summed E-state index contributed by atoms with van der Waals surface area (Å²) >= 11 is 0. The van der Waals surface area contributed by atoms with Crippen LogP contribution in [0, 0.1) is 6.92 Å². The van der Waals surface area contributed by atoms with E-state index in [2.05, 4.69) is 10.3 Å². The lowest BCUT2D eigenvalue weighted by Crippen LogP contribution is -2.25. The minimum atomic E-state index is -2.85. The number of aromatic nitrogens is 1. The van der Waals surface area contributed by atoms with Gasteiger partial charge < -0.3 is 5.32 Å². The zero-order valence-electron chi connectivity index (χ0n) is 9.31. The first-order chi connectivity index (χ1) is 7.59. The van der Waals surface area contributed by atoms with E-state index in [0.717, 1.165) is 24.1 Å². The number of hydrogen-bond acceptors (Lipinski definition) is 4. The molecule has 1 atom stereocenters. The van der Waals surface area contributed by atoms with Crippen molar-refractivity contribution in [1.29, 1.82) is 0 Å². The minimum absolute atomic E-state index is 0.222. The highest BCUT2D eigenvalue weighted by atomic mass is 32.2. The van der Waals surface area contributed by atoms with Crippen LogP contribution in [0.1, 0.15) is 18.4 Å². The topological polar surface area (TPSA) is 59.1 Å². The molecule has 0 aliphatic carbocycles. The molecule has 4 nitrogen and oxygen atoms in total. The van der Waals surface area contributed by atoms with Crippen molar-refractivity contribution >= 4 is 15.5 Å². The Morgan fingerprint density at radius 1 is 1.56 bits per heavy atom. The van der Waals surface area contributed by atoms with Crippen LogP contribution in [-0.4, -0.2) is 30.9 Å². The van der Waals surface area contributed by atoms with Gasteiger partial charge in [0, 0.05) is 24.6 Å². The highest BCUT2D eigenvalue weighted by molar-refractivity contribution is 7.92. The molecule has 1 aromatic heterocycles. The van der Waals surface area contributed by atoms with E-state index < -0.39 is 9.84 Å². The number of nitrogens with one attached hydrogen (secondary N) is 1. The normalized spacial score (nSPS) is 23.2. The molecule has 1 aromatic rings. The van der Waals surface area contributed by atoms with Gasteiger partial charge in [-0.25, -0.2) is 8.42 Å². The van der Waals surface area contributed by atoms with Gasteiger partial charge in [-0.1, -0.05) is 0 Å². The first-order valence-corrected chi connectivity index (χ1v) is 7.17. The number of pyridine rings is 1. The van der Waals surface area contributed by atoms with Gasteiger partial charge in [0.15, 0.2) is 9.84 Å². The van der Waals surface area contributed by atoms with Gasteiger partial charge in [0.2, 0.25) is 0 Å². The summed E-state index contributed by atoms with van der Waals surface area (Å²) in [7, 11) is -2.85. The van der Waals surface area contributed by atoms with Gasteiger partial charge in [-0.05, 0) is 31.4 Å². The molecular formula is C11H16N2O2S. The van der Waals surface area contributed by atoms with E-state index in [9.17, 15) is 8.42 Å². The van der Waals surface area contributed by atoms with E-state index in [1.165, 1.54) is 0 Å². The summed E-state index contributed by atoms with van der Waals surface area (Å²) in [5.74, 6) is 0.342. The quantitative estimate of drug-likeness (QED) is 0.867. The molecule has 2 heterocycles. The molecular weight excluding hydrogens is 224 g/mol. The summed E-state index contributed by atoms with van der Waals surface area (Å²) in [6, 6.07) is 1.87. The van der Waals surface area contributed by atoms with E-state index >= 15 is 0 Å². The molecule has 5 heteroatoms. The molecule has 2 rings (SSSR count). The van der Waals surface area contributed by atoms with Crippen LogP contribution in [0.4, 0.5) is 5.69 Å². The highest BCUT2D eigenvalue weighted by Gasteiger charge is 2.30. The monoisotopic (exact) mass is 240 g/mol. The van der Waals surface area contributed by atoms with Gasteiger partial charge in [0.05, 0.1) is 11.0 Å². The van der Waals surface area contributed by atoms with Gasteiger partial charge >= 0.3 is 0 Å². The molecule has 1 saturated heterocycles. The van der Waals surface area contributed by atoms with Crippen LogP contribution in [0.2, 0.25) is 0 Å². The minimum Gasteiger partial charge on any atom is -0.383 e. The third-order valence-electron chi connectivity index (χ3n) is 3.00. The predicted octanol–water partition coefficient (Wildman–Crippen LogP) is 1.38. The summed E-state index contributed by atoms with van der Waals surface area (Å²) in [6.45, 7) is 2.46. The Morgan fingerprint density at radius 2 is 2.38 bits per heavy atom. The highest BCUT2D eigenvalue weighted by Crippen LogP contribution is 2.21. The Hall–Kier alpha value is -1.10. The Morgan fingerprint density at radius 3 is 3.00 bits per heavy atom. The third kappa shape index (κ3) is 2.35. The maximum atomic E-state index is 11.6. The molecule has 0 aromatic carbocycles. The van der Waals surface area contributed by atoms with Crippen molar-refractivity contribution in [3.05, 3.63) is 24.0 Å². The maximum Gasteiger partial charge on any atom is 0.154 e. The molecule has 1 aliphatic heterocycles. The van der Waals surface area contributed by atoms with Crippen molar-refractivity contribution in [2.45, 2.75) is 25.0 Å². The molecule has 1 aliphatic rings. The molecule has 1 fully saturated rings. The van der Waals surface area contributed by atoms with Crippen molar-refractivity contribution in [3.8, 4) is 0 Å². The smallest absolute Gasteiger partial charge is 0.154 e. The lowest BCUT2D eigenvalue weighted by atomic mass is 10.2. The van der Waals surface area contributed by atoms with Crippen LogP contribution >= 0.6 is 0 Å². The van der Waals surface area contributed by atoms with Crippen molar-refractivity contribution in [2.75, 3.05) is 17.6 Å². The van der Waals surface area contributed by atoms with Crippen molar-refractivity contribution in [2.24, 2.45) is 0 Å². The van der Waals surface area contributed by atoms with E-state index in [1.807, 2.05) is 13.0 Å². The molecule has 88 valence electrons. The molecule has 1 unspecified atom stereocenters. The van der Waals surface area contributed by atoms with E-state index in [1.54, 1.807) is 12.4 Å². The summed E-state index contributed by atoms with van der Waals surface area (Å²) in [5.41, 5.74) is 2.01. The molecule has 0 saturated carbocycles. The van der Waals surface area contributed by atoms with Crippen LogP contribution in [0.3, 0.4) is 0 Å². The average Bonchev–Trinajstić information content (AvgIpc) is 2.57. The Balaban J connectivity index is 2.01. The first kappa shape index (κ1) is 11.4. The van der Waals surface area contributed by atoms with Crippen molar-refractivity contribution in [1.82, 2.24) is 4.98 Å². The van der Waals surface area contributed by atoms with Crippen LogP contribution in [0.25, 0.3) is 0 Å². The largest absolute Gasteiger partial charge is 0.383 e. The van der Waals surface area contributed by atoms with Crippen molar-refractivity contribution in [3.63, 3.8) is 0 Å². The predicted molar refractivity (Wildman–Crippen MR) is 64.3 cm³/mol. The van der Waals surface area contributed by atoms with Gasteiger partial charge in [-0.3, -0.25) is 4.98 Å². The molecule has 0 bridgehead atoms. The Labute approximate surface area is 96.0 Å². The van der Waals surface area contributed by atoms with E-state index in [0.29, 0.717) is 12.3 Å². The summed E-state index contributed by atoms with van der Waals surface area (Å²) in [5, 5.41) is 2.97. The number of aryl methyl sites for hydroxylation is 1. The fourth-order valence-corrected chi connectivity index (χ4v) is 3.75. The van der Waals surface area contributed by atoms with Crippen LogP contribution in [0.5, 0.6) is 0 Å². The zero-order valence-corrected chi connectivity index (χ0v) is 10.1. The van der Waals surface area contributed by atoms with E-state index in [4.69, 9.17) is 0 Å². The Kier molecular flexibility index (Phi) is 3.14. The molecule has 0 amide bonds. The van der Waals surface area contributed by atoms with Gasteiger partial charge in [-0.15, -0.1) is 0 Å². The third-order valence-corrected chi connectivity index (χ3v) is 5.28. The van der Waals surface area contributed by atoms with Crippen LogP contribution in [0.15, 0.2) is 18.5 Å². The second kappa shape index (κ2) is 4.41. The maximum absolute atomic E-state index is 11.6. The summed E-state index contributed by atoms with van der Waals surface area (Å²) in [4.78, 5) is 4.00. The number of rotatable bonds is 3. The number of sulfone groups is 1. The zero-order chi connectivity index (χ0) is 11.6. The standard InChI is InChI=1S/C11H16N2O2S/c1-9-7-12-5-4-11(9)13-8-10-3-2-6-16(10,14)15/h4-5,7,10H,2-3,6,8H2,1H3,(H,12,13). The lowest BCUT2D eigenvalue weighted by molar-refractivity contribution is 0.591. The Bertz CT molecular complexity index is 471. The number of anilines is 1.